The van der Waals surface area contributed by atoms with Gasteiger partial charge in [0.05, 0.1) is 17.2 Å². The zero-order valence-electron chi connectivity index (χ0n) is 12.1. The molecule has 0 saturated carbocycles. The topological polar surface area (TPSA) is 68.3 Å². The summed E-state index contributed by atoms with van der Waals surface area (Å²) < 4.78 is 28.4. The molecule has 0 amide bonds. The van der Waals surface area contributed by atoms with Crippen LogP contribution in [0.15, 0.2) is 12.1 Å². The summed E-state index contributed by atoms with van der Waals surface area (Å²) in [5, 5.41) is 3.23. The lowest BCUT2D eigenvalue weighted by molar-refractivity contribution is 0.303. The number of nitrogens with zero attached hydrogens (tertiary/aromatic N) is 1. The molecule has 1 aromatic heterocycles. The van der Waals surface area contributed by atoms with Gasteiger partial charge in [0.2, 0.25) is 0 Å². The maximum atomic E-state index is 11.3. The second kappa shape index (κ2) is 6.54. The monoisotopic (exact) mass is 298 g/mol. The van der Waals surface area contributed by atoms with Gasteiger partial charge >= 0.3 is 0 Å². The van der Waals surface area contributed by atoms with Crippen LogP contribution in [-0.2, 0) is 16.3 Å². The number of ether oxygens (including phenoxy) is 1. The van der Waals surface area contributed by atoms with Crippen LogP contribution in [0.25, 0.3) is 0 Å². The molecule has 1 unspecified atom stereocenters. The van der Waals surface area contributed by atoms with Crippen molar-refractivity contribution in [3.8, 4) is 5.75 Å². The van der Waals surface area contributed by atoms with Crippen LogP contribution in [0, 0.1) is 6.92 Å². The van der Waals surface area contributed by atoms with Gasteiger partial charge in [0.25, 0.3) is 0 Å². The fraction of sp³-hybridized carbons (Fsp3) is 0.643. The quantitative estimate of drug-likeness (QED) is 0.797. The second-order valence-corrected chi connectivity index (χ2v) is 7.38. The molecule has 112 valence electrons. The number of aromatic nitrogens is 1. The molecule has 1 aliphatic rings. The Bertz CT molecular complexity index is 558. The SMILES string of the molecule is CCc1nc(C)ccc1OCCNC1CCS(=O)(=O)C1. The highest BCUT2D eigenvalue weighted by atomic mass is 32.2. The highest BCUT2D eigenvalue weighted by molar-refractivity contribution is 7.91. The van der Waals surface area contributed by atoms with Crippen molar-refractivity contribution < 1.29 is 13.2 Å². The summed E-state index contributed by atoms with van der Waals surface area (Å²) in [4.78, 5) is 4.44. The lowest BCUT2D eigenvalue weighted by Gasteiger charge is -2.13. The molecule has 0 bridgehead atoms. The van der Waals surface area contributed by atoms with E-state index in [1.54, 1.807) is 0 Å². The summed E-state index contributed by atoms with van der Waals surface area (Å²) in [5.74, 6) is 1.37. The average Bonchev–Trinajstić information content (AvgIpc) is 2.75. The summed E-state index contributed by atoms with van der Waals surface area (Å²) in [6.45, 7) is 5.19. The smallest absolute Gasteiger partial charge is 0.151 e. The van der Waals surface area contributed by atoms with Crippen LogP contribution in [0.5, 0.6) is 5.75 Å². The van der Waals surface area contributed by atoms with Gasteiger partial charge in [-0.15, -0.1) is 0 Å². The van der Waals surface area contributed by atoms with Crippen LogP contribution < -0.4 is 10.1 Å². The first-order chi connectivity index (χ1) is 9.50. The molecule has 0 spiro atoms. The first kappa shape index (κ1) is 15.3. The molecule has 5 nitrogen and oxygen atoms in total. The Labute approximate surface area is 120 Å². The van der Waals surface area contributed by atoms with Crippen molar-refractivity contribution in [1.82, 2.24) is 10.3 Å². The van der Waals surface area contributed by atoms with E-state index in [1.807, 2.05) is 19.1 Å². The number of sulfone groups is 1. The Morgan fingerprint density at radius 2 is 2.25 bits per heavy atom. The van der Waals surface area contributed by atoms with E-state index in [1.165, 1.54) is 0 Å². The normalized spacial score (nSPS) is 21.0. The van der Waals surface area contributed by atoms with Gasteiger partial charge < -0.3 is 10.1 Å². The van der Waals surface area contributed by atoms with Gasteiger partial charge in [0.15, 0.2) is 9.84 Å². The predicted octanol–water partition coefficient (Wildman–Crippen LogP) is 1.11. The molecule has 1 fully saturated rings. The van der Waals surface area contributed by atoms with E-state index in [9.17, 15) is 8.42 Å². The van der Waals surface area contributed by atoms with Gasteiger partial charge in [-0.25, -0.2) is 8.42 Å². The first-order valence-electron chi connectivity index (χ1n) is 7.03. The third kappa shape index (κ3) is 4.18. The van der Waals surface area contributed by atoms with Crippen LogP contribution in [0.2, 0.25) is 0 Å². The van der Waals surface area contributed by atoms with Gasteiger partial charge in [-0.3, -0.25) is 4.98 Å². The largest absolute Gasteiger partial charge is 0.490 e. The summed E-state index contributed by atoms with van der Waals surface area (Å²) in [5.41, 5.74) is 1.96. The van der Waals surface area contributed by atoms with Crippen molar-refractivity contribution in [2.75, 3.05) is 24.7 Å². The van der Waals surface area contributed by atoms with Crippen LogP contribution in [0.1, 0.15) is 24.7 Å². The van der Waals surface area contributed by atoms with Gasteiger partial charge in [0.1, 0.15) is 12.4 Å². The van der Waals surface area contributed by atoms with E-state index in [2.05, 4.69) is 17.2 Å². The number of aryl methyl sites for hydroxylation is 2. The predicted molar refractivity (Wildman–Crippen MR) is 78.9 cm³/mol. The second-order valence-electron chi connectivity index (χ2n) is 5.15. The third-order valence-electron chi connectivity index (χ3n) is 3.43. The molecule has 0 aliphatic carbocycles. The minimum absolute atomic E-state index is 0.0744. The first-order valence-corrected chi connectivity index (χ1v) is 8.85. The Kier molecular flexibility index (Phi) is 4.99. The zero-order chi connectivity index (χ0) is 14.6. The van der Waals surface area contributed by atoms with Crippen LogP contribution in [0.4, 0.5) is 0 Å². The van der Waals surface area contributed by atoms with Crippen molar-refractivity contribution in [2.45, 2.75) is 32.7 Å². The highest BCUT2D eigenvalue weighted by Gasteiger charge is 2.27. The van der Waals surface area contributed by atoms with E-state index >= 15 is 0 Å². The fourth-order valence-electron chi connectivity index (χ4n) is 2.36. The van der Waals surface area contributed by atoms with Crippen molar-refractivity contribution in [3.05, 3.63) is 23.5 Å². The number of nitrogens with one attached hydrogen (secondary N) is 1. The number of pyridine rings is 1. The van der Waals surface area contributed by atoms with E-state index < -0.39 is 9.84 Å². The molecule has 0 radical (unpaired) electrons. The maximum Gasteiger partial charge on any atom is 0.151 e. The van der Waals surface area contributed by atoms with Crippen LogP contribution in [-0.4, -0.2) is 44.1 Å². The van der Waals surface area contributed by atoms with Crippen LogP contribution >= 0.6 is 0 Å². The molecule has 6 heteroatoms. The Morgan fingerprint density at radius 3 is 2.90 bits per heavy atom. The molecule has 1 N–H and O–H groups in total. The molecule has 1 aliphatic heterocycles. The molecule has 2 rings (SSSR count). The van der Waals surface area contributed by atoms with Gasteiger partial charge in [-0.1, -0.05) is 6.92 Å². The van der Waals surface area contributed by atoms with E-state index in [-0.39, 0.29) is 11.8 Å². The summed E-state index contributed by atoms with van der Waals surface area (Å²) in [7, 11) is -2.81. The molecular formula is C14H22N2O3S. The van der Waals surface area contributed by atoms with Crippen molar-refractivity contribution in [2.24, 2.45) is 0 Å². The van der Waals surface area contributed by atoms with Crippen molar-refractivity contribution in [3.63, 3.8) is 0 Å². The minimum atomic E-state index is -2.81. The van der Waals surface area contributed by atoms with Crippen molar-refractivity contribution >= 4 is 9.84 Å². The highest BCUT2D eigenvalue weighted by Crippen LogP contribution is 2.17. The summed E-state index contributed by atoms with van der Waals surface area (Å²) >= 11 is 0. The summed E-state index contributed by atoms with van der Waals surface area (Å²) in [6.07, 6.45) is 1.54. The number of rotatable bonds is 6. The van der Waals surface area contributed by atoms with Gasteiger partial charge in [0, 0.05) is 18.3 Å². The number of hydrogen-bond acceptors (Lipinski definition) is 5. The third-order valence-corrected chi connectivity index (χ3v) is 5.20. The fourth-order valence-corrected chi connectivity index (χ4v) is 4.07. The molecule has 0 aromatic carbocycles. The molecule has 20 heavy (non-hydrogen) atoms. The lowest BCUT2D eigenvalue weighted by atomic mass is 10.2. The molecule has 2 heterocycles. The Hall–Kier alpha value is -1.14. The maximum absolute atomic E-state index is 11.3. The molecular weight excluding hydrogens is 276 g/mol. The average molecular weight is 298 g/mol. The number of hydrogen-bond donors (Lipinski definition) is 1. The van der Waals surface area contributed by atoms with Crippen molar-refractivity contribution in [1.29, 1.82) is 0 Å². The van der Waals surface area contributed by atoms with Gasteiger partial charge in [-0.05, 0) is 31.9 Å². The van der Waals surface area contributed by atoms with Crippen LogP contribution in [0.3, 0.4) is 0 Å². The van der Waals surface area contributed by atoms with E-state index in [4.69, 9.17) is 4.74 Å². The molecule has 1 saturated heterocycles. The van der Waals surface area contributed by atoms with E-state index in [0.29, 0.717) is 25.3 Å². The molecule has 1 atom stereocenters. The lowest BCUT2D eigenvalue weighted by Crippen LogP contribution is -2.33. The zero-order valence-corrected chi connectivity index (χ0v) is 12.9. The minimum Gasteiger partial charge on any atom is -0.490 e. The summed E-state index contributed by atoms with van der Waals surface area (Å²) in [6, 6.07) is 3.96. The Morgan fingerprint density at radius 1 is 1.45 bits per heavy atom. The van der Waals surface area contributed by atoms with Gasteiger partial charge in [-0.2, -0.15) is 0 Å². The molecule has 1 aromatic rings. The van der Waals surface area contributed by atoms with E-state index in [0.717, 1.165) is 23.6 Å². The Balaban J connectivity index is 1.76. The standard InChI is InChI=1S/C14H22N2O3S/c1-3-13-14(5-4-11(2)16-13)19-8-7-15-12-6-9-20(17,18)10-12/h4-5,12,15H,3,6-10H2,1-2H3.